The van der Waals surface area contributed by atoms with Crippen molar-refractivity contribution >= 4 is 23.4 Å². The molecule has 1 rings (SSSR count). The quantitative estimate of drug-likeness (QED) is 0.575. The van der Waals surface area contributed by atoms with Gasteiger partial charge in [-0.25, -0.2) is 4.79 Å². The van der Waals surface area contributed by atoms with Gasteiger partial charge in [-0.15, -0.1) is 11.8 Å². The monoisotopic (exact) mass is 197 g/mol. The Morgan fingerprint density at radius 1 is 1.62 bits per heavy atom. The smallest absolute Gasteiger partial charge is 0.336 e. The number of benzene rings is 1. The first kappa shape index (κ1) is 9.92. The second kappa shape index (κ2) is 4.18. The van der Waals surface area contributed by atoms with Gasteiger partial charge in [-0.1, -0.05) is 13.0 Å². The Labute approximate surface area is 80.9 Å². The second-order valence-electron chi connectivity index (χ2n) is 2.46. The molecular formula is C9H11NO2S. The van der Waals surface area contributed by atoms with Gasteiger partial charge in [0.15, 0.2) is 0 Å². The highest BCUT2D eigenvalue weighted by Gasteiger charge is 2.11. The first-order valence-corrected chi connectivity index (χ1v) is 4.90. The molecule has 0 aliphatic heterocycles. The molecule has 0 saturated heterocycles. The van der Waals surface area contributed by atoms with Crippen molar-refractivity contribution in [1.29, 1.82) is 0 Å². The molecule has 0 bridgehead atoms. The third-order valence-electron chi connectivity index (χ3n) is 1.56. The number of anilines is 1. The van der Waals surface area contributed by atoms with Gasteiger partial charge in [0, 0.05) is 10.6 Å². The van der Waals surface area contributed by atoms with E-state index in [-0.39, 0.29) is 5.56 Å². The predicted octanol–water partition coefficient (Wildman–Crippen LogP) is 2.08. The molecule has 0 spiro atoms. The van der Waals surface area contributed by atoms with Crippen LogP contribution in [0.25, 0.3) is 0 Å². The van der Waals surface area contributed by atoms with Crippen LogP contribution in [0.4, 0.5) is 5.69 Å². The number of carboxylic acid groups (broad SMARTS) is 1. The van der Waals surface area contributed by atoms with Crippen molar-refractivity contribution in [3.8, 4) is 0 Å². The number of nitrogens with two attached hydrogens (primary N) is 1. The highest BCUT2D eigenvalue weighted by atomic mass is 32.2. The fourth-order valence-electron chi connectivity index (χ4n) is 1.03. The average Bonchev–Trinajstić information content (AvgIpc) is 2.08. The van der Waals surface area contributed by atoms with Crippen LogP contribution in [-0.4, -0.2) is 16.8 Å². The molecule has 0 aliphatic carbocycles. The standard InChI is InChI=1S/C9H11NO2S/c1-2-13-8-6(9(11)12)4-3-5-7(8)10/h3-5H,2,10H2,1H3,(H,11,12). The minimum absolute atomic E-state index is 0.284. The molecule has 0 saturated carbocycles. The Morgan fingerprint density at radius 2 is 2.31 bits per heavy atom. The summed E-state index contributed by atoms with van der Waals surface area (Å²) in [6, 6.07) is 4.93. The number of nitrogen functional groups attached to an aromatic ring is 1. The number of hydrogen-bond donors (Lipinski definition) is 2. The largest absolute Gasteiger partial charge is 0.478 e. The Hall–Kier alpha value is -1.16. The molecule has 0 amide bonds. The molecule has 0 radical (unpaired) electrons. The molecule has 13 heavy (non-hydrogen) atoms. The van der Waals surface area contributed by atoms with E-state index in [4.69, 9.17) is 10.8 Å². The summed E-state index contributed by atoms with van der Waals surface area (Å²) >= 11 is 1.45. The van der Waals surface area contributed by atoms with Gasteiger partial charge in [0.25, 0.3) is 0 Å². The van der Waals surface area contributed by atoms with Crippen molar-refractivity contribution in [3.63, 3.8) is 0 Å². The number of carboxylic acids is 1. The van der Waals surface area contributed by atoms with Gasteiger partial charge in [-0.2, -0.15) is 0 Å². The number of aromatic carboxylic acids is 1. The molecule has 0 aliphatic rings. The maximum absolute atomic E-state index is 10.8. The summed E-state index contributed by atoms with van der Waals surface area (Å²) in [5, 5.41) is 8.85. The summed E-state index contributed by atoms with van der Waals surface area (Å²) in [6.45, 7) is 1.96. The molecule has 3 nitrogen and oxygen atoms in total. The Balaban J connectivity index is 3.17. The van der Waals surface area contributed by atoms with Gasteiger partial charge in [0.05, 0.1) is 5.56 Å². The van der Waals surface area contributed by atoms with Crippen molar-refractivity contribution in [3.05, 3.63) is 23.8 Å². The van der Waals surface area contributed by atoms with Crippen LogP contribution in [0.5, 0.6) is 0 Å². The SMILES string of the molecule is CCSc1c(N)cccc1C(=O)O. The van der Waals surface area contributed by atoms with E-state index in [9.17, 15) is 4.79 Å². The lowest BCUT2D eigenvalue weighted by Gasteiger charge is -2.06. The number of hydrogen-bond acceptors (Lipinski definition) is 3. The minimum Gasteiger partial charge on any atom is -0.478 e. The van der Waals surface area contributed by atoms with E-state index >= 15 is 0 Å². The van der Waals surface area contributed by atoms with Crippen LogP contribution >= 0.6 is 11.8 Å². The van der Waals surface area contributed by atoms with E-state index in [1.165, 1.54) is 11.8 Å². The average molecular weight is 197 g/mol. The molecule has 0 unspecified atom stereocenters. The maximum Gasteiger partial charge on any atom is 0.336 e. The zero-order chi connectivity index (χ0) is 9.84. The van der Waals surface area contributed by atoms with Gasteiger partial charge in [-0.05, 0) is 17.9 Å². The maximum atomic E-state index is 10.8. The van der Waals surface area contributed by atoms with Crippen LogP contribution in [0.15, 0.2) is 23.1 Å². The zero-order valence-corrected chi connectivity index (χ0v) is 8.10. The highest BCUT2D eigenvalue weighted by Crippen LogP contribution is 2.28. The van der Waals surface area contributed by atoms with Gasteiger partial charge in [-0.3, -0.25) is 0 Å². The number of rotatable bonds is 3. The summed E-state index contributed by atoms with van der Waals surface area (Å²) in [4.78, 5) is 11.4. The molecule has 0 aromatic heterocycles. The van der Waals surface area contributed by atoms with E-state index in [1.807, 2.05) is 6.92 Å². The van der Waals surface area contributed by atoms with E-state index in [2.05, 4.69) is 0 Å². The normalized spacial score (nSPS) is 9.92. The second-order valence-corrected chi connectivity index (χ2v) is 3.74. The third-order valence-corrected chi connectivity index (χ3v) is 2.60. The van der Waals surface area contributed by atoms with Crippen molar-refractivity contribution in [2.75, 3.05) is 11.5 Å². The first-order chi connectivity index (χ1) is 6.16. The summed E-state index contributed by atoms with van der Waals surface area (Å²) in [7, 11) is 0. The molecule has 0 heterocycles. The van der Waals surface area contributed by atoms with Crippen molar-refractivity contribution in [1.82, 2.24) is 0 Å². The van der Waals surface area contributed by atoms with Gasteiger partial charge < -0.3 is 10.8 Å². The topological polar surface area (TPSA) is 63.3 Å². The molecule has 70 valence electrons. The van der Waals surface area contributed by atoms with Crippen LogP contribution in [0, 0.1) is 0 Å². The molecule has 0 atom stereocenters. The van der Waals surface area contributed by atoms with Gasteiger partial charge in [0.2, 0.25) is 0 Å². The Bertz CT molecular complexity index is 325. The van der Waals surface area contributed by atoms with E-state index in [0.717, 1.165) is 5.75 Å². The highest BCUT2D eigenvalue weighted by molar-refractivity contribution is 7.99. The Morgan fingerprint density at radius 3 is 2.85 bits per heavy atom. The summed E-state index contributed by atoms with van der Waals surface area (Å²) in [5.41, 5.74) is 6.48. The molecule has 1 aromatic rings. The lowest BCUT2D eigenvalue weighted by atomic mass is 10.2. The van der Waals surface area contributed by atoms with Crippen molar-refractivity contribution in [2.45, 2.75) is 11.8 Å². The summed E-state index contributed by atoms with van der Waals surface area (Å²) in [6.07, 6.45) is 0. The minimum atomic E-state index is -0.928. The van der Waals surface area contributed by atoms with Crippen LogP contribution in [-0.2, 0) is 0 Å². The predicted molar refractivity (Wildman–Crippen MR) is 54.2 cm³/mol. The van der Waals surface area contributed by atoms with Gasteiger partial charge >= 0.3 is 5.97 Å². The molecule has 1 aromatic carbocycles. The third kappa shape index (κ3) is 2.15. The van der Waals surface area contributed by atoms with Crippen LogP contribution < -0.4 is 5.73 Å². The molecule has 4 heteroatoms. The molecule has 3 N–H and O–H groups in total. The van der Waals surface area contributed by atoms with Crippen molar-refractivity contribution in [2.24, 2.45) is 0 Å². The van der Waals surface area contributed by atoms with E-state index < -0.39 is 5.97 Å². The first-order valence-electron chi connectivity index (χ1n) is 3.91. The molecule has 0 fully saturated rings. The molecular weight excluding hydrogens is 186 g/mol. The van der Waals surface area contributed by atoms with Gasteiger partial charge in [0.1, 0.15) is 0 Å². The lowest BCUT2D eigenvalue weighted by molar-refractivity contribution is 0.0693. The van der Waals surface area contributed by atoms with Crippen LogP contribution in [0.1, 0.15) is 17.3 Å². The van der Waals surface area contributed by atoms with E-state index in [0.29, 0.717) is 10.6 Å². The summed E-state index contributed by atoms with van der Waals surface area (Å²) < 4.78 is 0. The summed E-state index contributed by atoms with van der Waals surface area (Å²) in [5.74, 6) is -0.114. The fourth-order valence-corrected chi connectivity index (χ4v) is 1.86. The van der Waals surface area contributed by atoms with Crippen molar-refractivity contribution < 1.29 is 9.90 Å². The van der Waals surface area contributed by atoms with Crippen LogP contribution in [0.2, 0.25) is 0 Å². The number of thioether (sulfide) groups is 1. The Kier molecular flexibility index (Phi) is 3.19. The van der Waals surface area contributed by atoms with E-state index in [1.54, 1.807) is 18.2 Å². The fraction of sp³-hybridized carbons (Fsp3) is 0.222. The van der Waals surface area contributed by atoms with Crippen LogP contribution in [0.3, 0.4) is 0 Å². The lowest BCUT2D eigenvalue weighted by Crippen LogP contribution is -2.01. The zero-order valence-electron chi connectivity index (χ0n) is 7.28. The number of carbonyl (C=O) groups is 1.